The molecule has 1 aromatic carbocycles. The van der Waals surface area contributed by atoms with Crippen molar-refractivity contribution in [2.45, 2.75) is 39.7 Å². The summed E-state index contributed by atoms with van der Waals surface area (Å²) in [6, 6.07) is 8.20. The molecule has 0 aromatic heterocycles. The maximum absolute atomic E-state index is 11.8. The fourth-order valence-electron chi connectivity index (χ4n) is 3.20. The number of carbonyl (C=O) groups is 1. The van der Waals surface area contributed by atoms with Gasteiger partial charge < -0.3 is 20.4 Å². The number of rotatable bonds is 9. The maximum atomic E-state index is 11.8. The van der Waals surface area contributed by atoms with E-state index in [9.17, 15) is 4.79 Å². The Bertz CT molecular complexity index is 584. The summed E-state index contributed by atoms with van der Waals surface area (Å²) in [7, 11) is 1.79. The largest absolute Gasteiger partial charge is 0.355 e. The monoisotopic (exact) mass is 359 g/mol. The van der Waals surface area contributed by atoms with E-state index in [4.69, 9.17) is 0 Å². The first-order chi connectivity index (χ1) is 12.7. The van der Waals surface area contributed by atoms with Crippen molar-refractivity contribution >= 4 is 17.6 Å². The smallest absolute Gasteiger partial charge is 0.227 e. The summed E-state index contributed by atoms with van der Waals surface area (Å²) in [4.78, 5) is 20.4. The molecular weight excluding hydrogens is 326 g/mol. The van der Waals surface area contributed by atoms with E-state index in [0.29, 0.717) is 13.0 Å². The predicted octanol–water partition coefficient (Wildman–Crippen LogP) is 2.21. The first-order valence-corrected chi connectivity index (χ1v) is 9.74. The lowest BCUT2D eigenvalue weighted by molar-refractivity contribution is -0.117. The van der Waals surface area contributed by atoms with Crippen molar-refractivity contribution in [2.75, 3.05) is 44.7 Å². The molecule has 144 valence electrons. The van der Waals surface area contributed by atoms with Crippen LogP contribution in [0.3, 0.4) is 0 Å². The van der Waals surface area contributed by atoms with Crippen LogP contribution in [-0.4, -0.2) is 56.5 Å². The van der Waals surface area contributed by atoms with Crippen molar-refractivity contribution in [1.82, 2.24) is 15.5 Å². The zero-order chi connectivity index (χ0) is 18.8. The molecule has 1 saturated heterocycles. The van der Waals surface area contributed by atoms with Gasteiger partial charge in [0.05, 0.1) is 0 Å². The lowest BCUT2D eigenvalue weighted by atomic mass is 10.2. The summed E-state index contributed by atoms with van der Waals surface area (Å²) in [6.45, 7) is 10.1. The molecule has 1 aliphatic heterocycles. The number of hydrogen-bond donors (Lipinski definition) is 2. The Morgan fingerprint density at radius 3 is 2.54 bits per heavy atom. The van der Waals surface area contributed by atoms with Gasteiger partial charge in [0.2, 0.25) is 5.91 Å². The van der Waals surface area contributed by atoms with Crippen LogP contribution in [0.5, 0.6) is 0 Å². The van der Waals surface area contributed by atoms with Crippen LogP contribution in [0.4, 0.5) is 5.69 Å². The molecular formula is C20H33N5O. The molecule has 6 nitrogen and oxygen atoms in total. The van der Waals surface area contributed by atoms with Crippen molar-refractivity contribution in [2.24, 2.45) is 4.99 Å². The van der Waals surface area contributed by atoms with Gasteiger partial charge in [-0.3, -0.25) is 9.79 Å². The Balaban J connectivity index is 1.76. The van der Waals surface area contributed by atoms with E-state index in [2.05, 4.69) is 46.5 Å². The number of hydrogen-bond acceptors (Lipinski definition) is 3. The normalized spacial score (nSPS) is 15.0. The van der Waals surface area contributed by atoms with Crippen molar-refractivity contribution < 1.29 is 4.79 Å². The molecule has 1 aliphatic rings. The Morgan fingerprint density at radius 1 is 1.19 bits per heavy atom. The predicted molar refractivity (Wildman–Crippen MR) is 109 cm³/mol. The number of likely N-dealkylation sites (N-methyl/N-ethyl adjacent to an activating group) is 1. The number of aliphatic imine (C=N–C) groups is 1. The van der Waals surface area contributed by atoms with Crippen molar-refractivity contribution in [1.29, 1.82) is 0 Å². The minimum atomic E-state index is 0.227. The summed E-state index contributed by atoms with van der Waals surface area (Å²) >= 11 is 0. The zero-order valence-electron chi connectivity index (χ0n) is 16.4. The van der Waals surface area contributed by atoms with E-state index < -0.39 is 0 Å². The Labute approximate surface area is 157 Å². The summed E-state index contributed by atoms with van der Waals surface area (Å²) in [5.74, 6) is 1.04. The van der Waals surface area contributed by atoms with Gasteiger partial charge in [0.1, 0.15) is 0 Å². The van der Waals surface area contributed by atoms with Crippen LogP contribution in [-0.2, 0) is 11.3 Å². The summed E-state index contributed by atoms with van der Waals surface area (Å²) in [6.07, 6.45) is 2.80. The molecule has 1 amide bonds. The van der Waals surface area contributed by atoms with Gasteiger partial charge in [-0.1, -0.05) is 26.0 Å². The first-order valence-electron chi connectivity index (χ1n) is 9.74. The molecule has 0 radical (unpaired) electrons. The zero-order valence-corrected chi connectivity index (χ0v) is 16.4. The molecule has 0 unspecified atom stereocenters. The van der Waals surface area contributed by atoms with Crippen LogP contribution in [0, 0.1) is 0 Å². The highest BCUT2D eigenvalue weighted by molar-refractivity contribution is 5.95. The second kappa shape index (κ2) is 10.8. The Kier molecular flexibility index (Phi) is 8.41. The van der Waals surface area contributed by atoms with Gasteiger partial charge in [0, 0.05) is 45.3 Å². The number of nitrogens with zero attached hydrogens (tertiary/aromatic N) is 3. The van der Waals surface area contributed by atoms with Gasteiger partial charge in [-0.25, -0.2) is 0 Å². The molecule has 0 bridgehead atoms. The van der Waals surface area contributed by atoms with Gasteiger partial charge in [-0.2, -0.15) is 0 Å². The Morgan fingerprint density at radius 2 is 1.96 bits per heavy atom. The summed E-state index contributed by atoms with van der Waals surface area (Å²) < 4.78 is 0. The highest BCUT2D eigenvalue weighted by Crippen LogP contribution is 2.21. The second-order valence-corrected chi connectivity index (χ2v) is 6.60. The standard InChI is InChI=1S/C20H33N5O/c1-4-13-24(5-2)15-12-22-20(21-3)23-16-17-8-10-18(11-9-17)25-14-6-7-19(25)26/h8-11H,4-7,12-16H2,1-3H3,(H2,21,22,23). The van der Waals surface area contributed by atoms with Gasteiger partial charge in [0.15, 0.2) is 5.96 Å². The van der Waals surface area contributed by atoms with Crippen LogP contribution in [0.1, 0.15) is 38.7 Å². The Hall–Kier alpha value is -2.08. The van der Waals surface area contributed by atoms with Gasteiger partial charge >= 0.3 is 0 Å². The number of guanidine groups is 1. The molecule has 1 aromatic rings. The second-order valence-electron chi connectivity index (χ2n) is 6.60. The molecule has 0 saturated carbocycles. The number of anilines is 1. The number of benzene rings is 1. The van der Waals surface area contributed by atoms with E-state index >= 15 is 0 Å². The topological polar surface area (TPSA) is 60.0 Å². The van der Waals surface area contributed by atoms with Crippen LogP contribution >= 0.6 is 0 Å². The van der Waals surface area contributed by atoms with Crippen LogP contribution in [0.2, 0.25) is 0 Å². The number of carbonyl (C=O) groups excluding carboxylic acids is 1. The molecule has 1 heterocycles. The third-order valence-electron chi connectivity index (χ3n) is 4.71. The summed E-state index contributed by atoms with van der Waals surface area (Å²) in [5, 5.41) is 6.72. The minimum absolute atomic E-state index is 0.227. The highest BCUT2D eigenvalue weighted by Gasteiger charge is 2.21. The maximum Gasteiger partial charge on any atom is 0.227 e. The van der Waals surface area contributed by atoms with E-state index in [0.717, 1.165) is 50.8 Å². The average Bonchev–Trinajstić information content (AvgIpc) is 3.10. The number of nitrogens with one attached hydrogen (secondary N) is 2. The minimum Gasteiger partial charge on any atom is -0.355 e. The molecule has 1 fully saturated rings. The molecule has 0 spiro atoms. The summed E-state index contributed by atoms with van der Waals surface area (Å²) in [5.41, 5.74) is 2.17. The fourth-order valence-corrected chi connectivity index (χ4v) is 3.20. The van der Waals surface area contributed by atoms with Crippen LogP contribution in [0.25, 0.3) is 0 Å². The van der Waals surface area contributed by atoms with Crippen molar-refractivity contribution in [3.63, 3.8) is 0 Å². The van der Waals surface area contributed by atoms with Crippen LogP contribution in [0.15, 0.2) is 29.3 Å². The van der Waals surface area contributed by atoms with E-state index in [-0.39, 0.29) is 5.91 Å². The van der Waals surface area contributed by atoms with E-state index in [1.165, 1.54) is 12.0 Å². The van der Waals surface area contributed by atoms with E-state index in [1.54, 1.807) is 7.05 Å². The van der Waals surface area contributed by atoms with Gasteiger partial charge in [0.25, 0.3) is 0 Å². The molecule has 2 rings (SSSR count). The number of amides is 1. The highest BCUT2D eigenvalue weighted by atomic mass is 16.2. The average molecular weight is 360 g/mol. The van der Waals surface area contributed by atoms with Gasteiger partial charge in [-0.05, 0) is 43.6 Å². The molecule has 0 aliphatic carbocycles. The lowest BCUT2D eigenvalue weighted by Gasteiger charge is -2.20. The van der Waals surface area contributed by atoms with Gasteiger partial charge in [-0.15, -0.1) is 0 Å². The third-order valence-corrected chi connectivity index (χ3v) is 4.71. The molecule has 0 atom stereocenters. The quantitative estimate of drug-likeness (QED) is 0.524. The van der Waals surface area contributed by atoms with Crippen molar-refractivity contribution in [3.8, 4) is 0 Å². The van der Waals surface area contributed by atoms with Crippen molar-refractivity contribution in [3.05, 3.63) is 29.8 Å². The van der Waals surface area contributed by atoms with E-state index in [1.807, 2.05) is 17.0 Å². The molecule has 2 N–H and O–H groups in total. The fraction of sp³-hybridized carbons (Fsp3) is 0.600. The third kappa shape index (κ3) is 6.02. The first kappa shape index (κ1) is 20.2. The molecule has 26 heavy (non-hydrogen) atoms. The molecule has 6 heteroatoms. The SMILES string of the molecule is CCCN(CC)CCNC(=NC)NCc1ccc(N2CCCC2=O)cc1. The van der Waals surface area contributed by atoms with Crippen LogP contribution < -0.4 is 15.5 Å². The lowest BCUT2D eigenvalue weighted by Crippen LogP contribution is -2.41.